The van der Waals surface area contributed by atoms with E-state index in [1.54, 1.807) is 19.2 Å². The summed E-state index contributed by atoms with van der Waals surface area (Å²) < 4.78 is 15.8. The normalized spacial score (nSPS) is 10.1. The van der Waals surface area contributed by atoms with Crippen LogP contribution in [0.5, 0.6) is 17.2 Å². The molecule has 0 bridgehead atoms. The minimum Gasteiger partial charge on any atom is -0.496 e. The highest BCUT2D eigenvalue weighted by Crippen LogP contribution is 2.38. The van der Waals surface area contributed by atoms with Crippen LogP contribution >= 0.6 is 0 Å². The van der Waals surface area contributed by atoms with Crippen molar-refractivity contribution in [3.63, 3.8) is 0 Å². The third-order valence-corrected chi connectivity index (χ3v) is 3.43. The fraction of sp³-hybridized carbons (Fsp3) is 0.278. The molecule has 0 fully saturated rings. The van der Waals surface area contributed by atoms with E-state index in [1.807, 2.05) is 31.2 Å². The van der Waals surface area contributed by atoms with E-state index in [4.69, 9.17) is 14.2 Å². The van der Waals surface area contributed by atoms with Gasteiger partial charge < -0.3 is 19.5 Å². The number of aryl methyl sites for hydroxylation is 1. The molecule has 1 amide bonds. The Balaban J connectivity index is 2.22. The maximum atomic E-state index is 12.3. The number of carbonyl (C=O) groups excluding carboxylic acids is 1. The van der Waals surface area contributed by atoms with E-state index in [9.17, 15) is 4.79 Å². The number of anilines is 1. The number of benzene rings is 2. The molecular weight excluding hydrogens is 294 g/mol. The van der Waals surface area contributed by atoms with E-state index < -0.39 is 0 Å². The zero-order valence-corrected chi connectivity index (χ0v) is 13.8. The number of hydrogen-bond donors (Lipinski definition) is 1. The van der Waals surface area contributed by atoms with Gasteiger partial charge in [-0.1, -0.05) is 29.8 Å². The molecule has 0 heterocycles. The van der Waals surface area contributed by atoms with E-state index in [2.05, 4.69) is 5.32 Å². The summed E-state index contributed by atoms with van der Waals surface area (Å²) in [7, 11) is 4.62. The van der Waals surface area contributed by atoms with Gasteiger partial charge in [0.15, 0.2) is 0 Å². The number of nitrogens with one attached hydrogen (secondary N) is 1. The van der Waals surface area contributed by atoms with E-state index in [0.29, 0.717) is 22.9 Å². The van der Waals surface area contributed by atoms with Gasteiger partial charge in [-0.3, -0.25) is 4.79 Å². The first-order valence-corrected chi connectivity index (χ1v) is 7.22. The molecule has 0 spiro atoms. The summed E-state index contributed by atoms with van der Waals surface area (Å²) in [5.74, 6) is 1.42. The molecule has 0 atom stereocenters. The van der Waals surface area contributed by atoms with Gasteiger partial charge in [0.2, 0.25) is 5.91 Å². The molecular formula is C18H21NO4. The molecule has 0 aliphatic carbocycles. The molecule has 0 aliphatic rings. The second kappa shape index (κ2) is 7.54. The minimum absolute atomic E-state index is 0.141. The quantitative estimate of drug-likeness (QED) is 0.889. The fourth-order valence-electron chi connectivity index (χ4n) is 2.32. The van der Waals surface area contributed by atoms with Crippen molar-refractivity contribution in [1.29, 1.82) is 0 Å². The summed E-state index contributed by atoms with van der Waals surface area (Å²) in [5.41, 5.74) is 2.57. The van der Waals surface area contributed by atoms with Gasteiger partial charge in [0, 0.05) is 12.1 Å². The lowest BCUT2D eigenvalue weighted by Gasteiger charge is -2.15. The van der Waals surface area contributed by atoms with Crippen molar-refractivity contribution >= 4 is 11.6 Å². The Morgan fingerprint density at radius 2 is 1.65 bits per heavy atom. The highest BCUT2D eigenvalue weighted by Gasteiger charge is 2.16. The Labute approximate surface area is 136 Å². The highest BCUT2D eigenvalue weighted by atomic mass is 16.5. The number of carbonyl (C=O) groups is 1. The molecule has 0 radical (unpaired) electrons. The molecule has 23 heavy (non-hydrogen) atoms. The summed E-state index contributed by atoms with van der Waals surface area (Å²) in [6, 6.07) is 11.2. The van der Waals surface area contributed by atoms with Gasteiger partial charge in [0.1, 0.15) is 22.9 Å². The fourth-order valence-corrected chi connectivity index (χ4v) is 2.32. The van der Waals surface area contributed by atoms with Crippen LogP contribution in [-0.2, 0) is 11.2 Å². The van der Waals surface area contributed by atoms with Gasteiger partial charge in [-0.05, 0) is 12.5 Å². The Bertz CT molecular complexity index is 672. The minimum atomic E-state index is -0.141. The van der Waals surface area contributed by atoms with Crippen LogP contribution in [0.2, 0.25) is 0 Å². The van der Waals surface area contributed by atoms with Crippen LogP contribution in [0.1, 0.15) is 11.1 Å². The van der Waals surface area contributed by atoms with Gasteiger partial charge in [-0.25, -0.2) is 0 Å². The Kier molecular flexibility index (Phi) is 5.46. The summed E-state index contributed by atoms with van der Waals surface area (Å²) in [5, 5.41) is 2.86. The van der Waals surface area contributed by atoms with Crippen LogP contribution < -0.4 is 19.5 Å². The van der Waals surface area contributed by atoms with E-state index in [1.165, 1.54) is 14.2 Å². The highest BCUT2D eigenvalue weighted by molar-refractivity contribution is 5.95. The van der Waals surface area contributed by atoms with Gasteiger partial charge in [0.05, 0.1) is 27.8 Å². The van der Waals surface area contributed by atoms with Gasteiger partial charge >= 0.3 is 0 Å². The third kappa shape index (κ3) is 4.16. The van der Waals surface area contributed by atoms with E-state index >= 15 is 0 Å². The largest absolute Gasteiger partial charge is 0.496 e. The average molecular weight is 315 g/mol. The van der Waals surface area contributed by atoms with Gasteiger partial charge in [-0.15, -0.1) is 0 Å². The maximum absolute atomic E-state index is 12.3. The number of methoxy groups -OCH3 is 3. The van der Waals surface area contributed by atoms with Crippen molar-refractivity contribution in [1.82, 2.24) is 0 Å². The third-order valence-electron chi connectivity index (χ3n) is 3.43. The van der Waals surface area contributed by atoms with Crippen LogP contribution in [-0.4, -0.2) is 27.2 Å². The molecule has 0 saturated heterocycles. The summed E-state index contributed by atoms with van der Waals surface area (Å²) >= 11 is 0. The summed E-state index contributed by atoms with van der Waals surface area (Å²) in [6.45, 7) is 2.00. The van der Waals surface area contributed by atoms with Crippen molar-refractivity contribution in [3.8, 4) is 17.2 Å². The van der Waals surface area contributed by atoms with E-state index in [0.717, 1.165) is 11.1 Å². The first kappa shape index (κ1) is 16.7. The second-order valence-electron chi connectivity index (χ2n) is 5.12. The lowest BCUT2D eigenvalue weighted by Crippen LogP contribution is -2.16. The van der Waals surface area contributed by atoms with Crippen molar-refractivity contribution in [2.24, 2.45) is 0 Å². The molecule has 0 aromatic heterocycles. The predicted octanol–water partition coefficient (Wildman–Crippen LogP) is 3.20. The first-order chi connectivity index (χ1) is 11.1. The number of rotatable bonds is 6. The molecule has 2 rings (SSSR count). The van der Waals surface area contributed by atoms with Crippen LogP contribution in [0.15, 0.2) is 36.4 Å². The molecule has 0 saturated carbocycles. The zero-order chi connectivity index (χ0) is 16.8. The SMILES string of the molecule is COc1cc(OC)c(NC(=O)Cc2cccc(C)c2)c(OC)c1. The molecule has 122 valence electrons. The molecule has 0 aliphatic heterocycles. The number of hydrogen-bond acceptors (Lipinski definition) is 4. The van der Waals surface area contributed by atoms with Crippen molar-refractivity contribution in [2.45, 2.75) is 13.3 Å². The van der Waals surface area contributed by atoms with Crippen LogP contribution in [0.4, 0.5) is 5.69 Å². The van der Waals surface area contributed by atoms with Crippen LogP contribution in [0, 0.1) is 6.92 Å². The molecule has 2 aromatic rings. The smallest absolute Gasteiger partial charge is 0.228 e. The lowest BCUT2D eigenvalue weighted by molar-refractivity contribution is -0.115. The Morgan fingerprint density at radius 3 is 2.17 bits per heavy atom. The zero-order valence-electron chi connectivity index (χ0n) is 13.8. The maximum Gasteiger partial charge on any atom is 0.228 e. The average Bonchev–Trinajstić information content (AvgIpc) is 2.54. The van der Waals surface area contributed by atoms with Crippen molar-refractivity contribution in [2.75, 3.05) is 26.6 Å². The standard InChI is InChI=1S/C18H21NO4/c1-12-6-5-7-13(8-12)9-17(20)19-18-15(22-3)10-14(21-2)11-16(18)23-4/h5-8,10-11H,9H2,1-4H3,(H,19,20). The number of amides is 1. The molecule has 2 aromatic carbocycles. The molecule has 5 heteroatoms. The predicted molar refractivity (Wildman–Crippen MR) is 89.6 cm³/mol. The molecule has 1 N–H and O–H groups in total. The summed E-state index contributed by atoms with van der Waals surface area (Å²) in [6.07, 6.45) is 0.278. The molecule has 5 nitrogen and oxygen atoms in total. The second-order valence-corrected chi connectivity index (χ2v) is 5.12. The van der Waals surface area contributed by atoms with Crippen LogP contribution in [0.3, 0.4) is 0 Å². The van der Waals surface area contributed by atoms with Gasteiger partial charge in [-0.2, -0.15) is 0 Å². The van der Waals surface area contributed by atoms with Crippen LogP contribution in [0.25, 0.3) is 0 Å². The Hall–Kier alpha value is -2.69. The van der Waals surface area contributed by atoms with E-state index in [-0.39, 0.29) is 12.3 Å². The van der Waals surface area contributed by atoms with Crippen molar-refractivity contribution in [3.05, 3.63) is 47.5 Å². The number of ether oxygens (including phenoxy) is 3. The monoisotopic (exact) mass is 315 g/mol. The topological polar surface area (TPSA) is 56.8 Å². The first-order valence-electron chi connectivity index (χ1n) is 7.22. The van der Waals surface area contributed by atoms with Gasteiger partial charge in [0.25, 0.3) is 0 Å². The Morgan fingerprint density at radius 1 is 1.00 bits per heavy atom. The molecule has 0 unspecified atom stereocenters. The summed E-state index contributed by atoms with van der Waals surface area (Å²) in [4.78, 5) is 12.3. The van der Waals surface area contributed by atoms with Crippen molar-refractivity contribution < 1.29 is 19.0 Å². The lowest BCUT2D eigenvalue weighted by atomic mass is 10.1.